The minimum atomic E-state index is -0.308. The van der Waals surface area contributed by atoms with Crippen molar-refractivity contribution in [2.45, 2.75) is 19.4 Å². The van der Waals surface area contributed by atoms with Crippen molar-refractivity contribution in [3.8, 4) is 5.75 Å². The normalized spacial score (nSPS) is 22.3. The number of hydrogen-bond donors (Lipinski definition) is 2. The number of likely N-dealkylation sites (tertiary alicyclic amines) is 1. The van der Waals surface area contributed by atoms with Crippen LogP contribution in [0.5, 0.6) is 5.75 Å². The second-order valence-corrected chi connectivity index (χ2v) is 5.25. The van der Waals surface area contributed by atoms with E-state index in [0.717, 1.165) is 19.6 Å². The Morgan fingerprint density at radius 2 is 2.33 bits per heavy atom. The van der Waals surface area contributed by atoms with Crippen LogP contribution in [0.2, 0.25) is 0 Å². The Bertz CT molecular complexity index is 411. The highest BCUT2D eigenvalue weighted by Gasteiger charge is 2.20. The van der Waals surface area contributed by atoms with E-state index in [1.807, 2.05) is 6.92 Å². The molecule has 2 rings (SSSR count). The molecule has 2 N–H and O–H groups in total. The number of nitrogens with zero attached hydrogens (tertiary/aromatic N) is 1. The topological polar surface area (TPSA) is 35.5 Å². The van der Waals surface area contributed by atoms with Crippen LogP contribution >= 0.6 is 0 Å². The lowest BCUT2D eigenvalue weighted by Gasteiger charge is -2.18. The lowest BCUT2D eigenvalue weighted by Crippen LogP contribution is -2.27. The van der Waals surface area contributed by atoms with Gasteiger partial charge >= 0.3 is 0 Å². The minimum Gasteiger partial charge on any atom is -0.508 e. The molecule has 2 unspecified atom stereocenters. The molecule has 0 spiro atoms. The van der Waals surface area contributed by atoms with E-state index in [1.54, 1.807) is 0 Å². The Morgan fingerprint density at radius 3 is 3.00 bits per heavy atom. The van der Waals surface area contributed by atoms with E-state index in [9.17, 15) is 9.50 Å². The van der Waals surface area contributed by atoms with Gasteiger partial charge in [0.25, 0.3) is 0 Å². The molecule has 0 aromatic heterocycles. The van der Waals surface area contributed by atoms with Crippen LogP contribution < -0.4 is 5.32 Å². The van der Waals surface area contributed by atoms with E-state index in [2.05, 4.69) is 17.3 Å². The molecule has 3 nitrogen and oxygen atoms in total. The lowest BCUT2D eigenvalue weighted by molar-refractivity contribution is 0.379. The van der Waals surface area contributed by atoms with Crippen LogP contribution in [0.25, 0.3) is 0 Å². The van der Waals surface area contributed by atoms with E-state index in [4.69, 9.17) is 0 Å². The quantitative estimate of drug-likeness (QED) is 0.861. The molecular weight excluding hydrogens is 231 g/mol. The van der Waals surface area contributed by atoms with Crippen LogP contribution in [0, 0.1) is 11.7 Å². The van der Waals surface area contributed by atoms with Crippen molar-refractivity contribution in [2.75, 3.05) is 26.7 Å². The molecule has 2 atom stereocenters. The van der Waals surface area contributed by atoms with Crippen LogP contribution in [0.15, 0.2) is 18.2 Å². The van der Waals surface area contributed by atoms with Crippen molar-refractivity contribution in [1.29, 1.82) is 0 Å². The third kappa shape index (κ3) is 3.21. The molecule has 100 valence electrons. The number of aromatic hydroxyl groups is 1. The van der Waals surface area contributed by atoms with Crippen LogP contribution in [0.1, 0.15) is 24.9 Å². The molecular formula is C14H21FN2O. The summed E-state index contributed by atoms with van der Waals surface area (Å²) in [6, 6.07) is 4.05. The Kier molecular flexibility index (Phi) is 4.19. The van der Waals surface area contributed by atoms with Gasteiger partial charge in [0.1, 0.15) is 11.6 Å². The first-order valence-electron chi connectivity index (χ1n) is 6.46. The largest absolute Gasteiger partial charge is 0.508 e. The first-order valence-corrected chi connectivity index (χ1v) is 6.46. The van der Waals surface area contributed by atoms with Gasteiger partial charge in [0.2, 0.25) is 0 Å². The predicted molar refractivity (Wildman–Crippen MR) is 70.1 cm³/mol. The molecule has 0 saturated carbocycles. The number of phenolic OH excluding ortho intramolecular Hbond substituents is 1. The Labute approximate surface area is 108 Å². The average molecular weight is 252 g/mol. The van der Waals surface area contributed by atoms with Gasteiger partial charge in [-0.25, -0.2) is 4.39 Å². The summed E-state index contributed by atoms with van der Waals surface area (Å²) in [4.78, 5) is 2.32. The van der Waals surface area contributed by atoms with Crippen molar-refractivity contribution in [3.63, 3.8) is 0 Å². The van der Waals surface area contributed by atoms with E-state index < -0.39 is 0 Å². The van der Waals surface area contributed by atoms with Gasteiger partial charge in [-0.2, -0.15) is 0 Å². The molecule has 1 heterocycles. The monoisotopic (exact) mass is 252 g/mol. The first-order chi connectivity index (χ1) is 8.56. The zero-order chi connectivity index (χ0) is 13.1. The number of phenols is 1. The Morgan fingerprint density at radius 1 is 1.56 bits per heavy atom. The molecule has 0 radical (unpaired) electrons. The molecule has 1 aliphatic heterocycles. The Hall–Kier alpha value is -1.13. The SMILES string of the molecule is CC(NCC1CCN(C)C1)c1cc(F)ccc1O. The molecule has 1 fully saturated rings. The van der Waals surface area contributed by atoms with Gasteiger partial charge in [-0.15, -0.1) is 0 Å². The highest BCUT2D eigenvalue weighted by atomic mass is 19.1. The number of nitrogens with one attached hydrogen (secondary N) is 1. The average Bonchev–Trinajstić information content (AvgIpc) is 2.75. The van der Waals surface area contributed by atoms with E-state index in [1.165, 1.54) is 24.6 Å². The fourth-order valence-corrected chi connectivity index (χ4v) is 2.52. The number of hydrogen-bond acceptors (Lipinski definition) is 3. The van der Waals surface area contributed by atoms with Gasteiger partial charge in [0.15, 0.2) is 0 Å². The summed E-state index contributed by atoms with van der Waals surface area (Å²) in [5, 5.41) is 13.1. The fraction of sp³-hybridized carbons (Fsp3) is 0.571. The highest BCUT2D eigenvalue weighted by molar-refractivity contribution is 5.34. The van der Waals surface area contributed by atoms with E-state index in [-0.39, 0.29) is 17.6 Å². The molecule has 1 saturated heterocycles. The van der Waals surface area contributed by atoms with Gasteiger partial charge in [0.05, 0.1) is 0 Å². The molecule has 0 bridgehead atoms. The molecule has 18 heavy (non-hydrogen) atoms. The zero-order valence-corrected chi connectivity index (χ0v) is 11.0. The van der Waals surface area contributed by atoms with Gasteiger partial charge in [-0.3, -0.25) is 0 Å². The van der Waals surface area contributed by atoms with Gasteiger partial charge in [-0.1, -0.05) is 0 Å². The third-order valence-corrected chi connectivity index (χ3v) is 3.66. The van der Waals surface area contributed by atoms with Crippen LogP contribution in [0.4, 0.5) is 4.39 Å². The summed E-state index contributed by atoms with van der Waals surface area (Å²) in [5.41, 5.74) is 0.626. The van der Waals surface area contributed by atoms with Crippen molar-refractivity contribution >= 4 is 0 Å². The summed E-state index contributed by atoms with van der Waals surface area (Å²) in [6.07, 6.45) is 1.20. The van der Waals surface area contributed by atoms with Crippen LogP contribution in [0.3, 0.4) is 0 Å². The summed E-state index contributed by atoms with van der Waals surface area (Å²) in [5.74, 6) is 0.491. The second kappa shape index (κ2) is 5.67. The minimum absolute atomic E-state index is 0.0355. The zero-order valence-electron chi connectivity index (χ0n) is 11.0. The summed E-state index contributed by atoms with van der Waals surface area (Å²) in [6.45, 7) is 5.11. The standard InChI is InChI=1S/C14H21FN2O/c1-10(13-7-12(15)3-4-14(13)18)16-8-11-5-6-17(2)9-11/h3-4,7,10-11,16,18H,5-6,8-9H2,1-2H3. The van der Waals surface area contributed by atoms with Crippen molar-refractivity contribution in [2.24, 2.45) is 5.92 Å². The summed E-state index contributed by atoms with van der Waals surface area (Å²) in [7, 11) is 2.13. The maximum Gasteiger partial charge on any atom is 0.123 e. The Balaban J connectivity index is 1.91. The van der Waals surface area contributed by atoms with Crippen molar-refractivity contribution in [3.05, 3.63) is 29.6 Å². The maximum atomic E-state index is 13.2. The first kappa shape index (κ1) is 13.3. The maximum absolute atomic E-state index is 13.2. The smallest absolute Gasteiger partial charge is 0.123 e. The van der Waals surface area contributed by atoms with Crippen molar-refractivity contribution < 1.29 is 9.50 Å². The van der Waals surface area contributed by atoms with Gasteiger partial charge in [-0.05, 0) is 57.6 Å². The van der Waals surface area contributed by atoms with Crippen molar-refractivity contribution in [1.82, 2.24) is 10.2 Å². The summed E-state index contributed by atoms with van der Waals surface area (Å²) < 4.78 is 13.2. The van der Waals surface area contributed by atoms with Gasteiger partial charge < -0.3 is 15.3 Å². The highest BCUT2D eigenvalue weighted by Crippen LogP contribution is 2.25. The predicted octanol–water partition coefficient (Wildman–Crippen LogP) is 2.13. The molecule has 1 aliphatic rings. The van der Waals surface area contributed by atoms with E-state index in [0.29, 0.717) is 11.5 Å². The number of benzene rings is 1. The third-order valence-electron chi connectivity index (χ3n) is 3.66. The van der Waals surface area contributed by atoms with Crippen LogP contribution in [-0.4, -0.2) is 36.7 Å². The number of rotatable bonds is 4. The molecule has 0 aliphatic carbocycles. The van der Waals surface area contributed by atoms with Gasteiger partial charge in [0, 0.05) is 18.2 Å². The second-order valence-electron chi connectivity index (χ2n) is 5.25. The fourth-order valence-electron chi connectivity index (χ4n) is 2.52. The molecule has 1 aromatic rings. The molecule has 1 aromatic carbocycles. The van der Waals surface area contributed by atoms with E-state index >= 15 is 0 Å². The summed E-state index contributed by atoms with van der Waals surface area (Å²) >= 11 is 0. The lowest BCUT2D eigenvalue weighted by atomic mass is 10.0. The number of halogens is 1. The van der Waals surface area contributed by atoms with Crippen LogP contribution in [-0.2, 0) is 0 Å². The molecule has 0 amide bonds. The molecule has 4 heteroatoms.